The van der Waals surface area contributed by atoms with Crippen LogP contribution in [0.1, 0.15) is 38.8 Å². The molecule has 1 unspecified atom stereocenters. The predicted molar refractivity (Wildman–Crippen MR) is 78.1 cm³/mol. The summed E-state index contributed by atoms with van der Waals surface area (Å²) in [5.41, 5.74) is 6.92. The number of benzene rings is 1. The highest BCUT2D eigenvalue weighted by molar-refractivity contribution is 9.10. The highest BCUT2D eigenvalue weighted by atomic mass is 79.9. The number of rotatable bonds is 5. The Labute approximate surface area is 117 Å². The molecule has 3 nitrogen and oxygen atoms in total. The Morgan fingerprint density at radius 2 is 1.94 bits per heavy atom. The Kier molecular flexibility index (Phi) is 5.82. The second-order valence-corrected chi connectivity index (χ2v) is 5.84. The van der Waals surface area contributed by atoms with E-state index in [1.54, 1.807) is 0 Å². The van der Waals surface area contributed by atoms with Gasteiger partial charge in [0, 0.05) is 4.47 Å². The maximum absolute atomic E-state index is 11.9. The third kappa shape index (κ3) is 4.42. The number of amides is 1. The molecule has 0 heterocycles. The fourth-order valence-electron chi connectivity index (χ4n) is 1.84. The molecule has 2 atom stereocenters. The second kappa shape index (κ2) is 6.90. The summed E-state index contributed by atoms with van der Waals surface area (Å²) in [6.45, 7) is 6.08. The first-order valence-electron chi connectivity index (χ1n) is 6.22. The molecule has 0 saturated heterocycles. The average Bonchev–Trinajstić information content (AvgIpc) is 2.28. The van der Waals surface area contributed by atoms with Crippen molar-refractivity contribution < 1.29 is 4.79 Å². The van der Waals surface area contributed by atoms with Crippen molar-refractivity contribution in [2.24, 2.45) is 11.7 Å². The molecular formula is C14H21BrN2O. The molecule has 1 aromatic carbocycles. The van der Waals surface area contributed by atoms with E-state index in [0.29, 0.717) is 12.3 Å². The molecule has 18 heavy (non-hydrogen) atoms. The second-order valence-electron chi connectivity index (χ2n) is 4.99. The van der Waals surface area contributed by atoms with Gasteiger partial charge in [0.2, 0.25) is 5.91 Å². The van der Waals surface area contributed by atoms with Gasteiger partial charge in [0.15, 0.2) is 0 Å². The molecule has 3 N–H and O–H groups in total. The molecule has 0 spiro atoms. The number of halogens is 1. The van der Waals surface area contributed by atoms with Crippen LogP contribution in [0.4, 0.5) is 0 Å². The van der Waals surface area contributed by atoms with Gasteiger partial charge in [-0.2, -0.15) is 0 Å². The van der Waals surface area contributed by atoms with E-state index in [2.05, 4.69) is 35.1 Å². The Morgan fingerprint density at radius 1 is 1.33 bits per heavy atom. The summed E-state index contributed by atoms with van der Waals surface area (Å²) in [6.07, 6.45) is 0.703. The SMILES string of the molecule is CC(C)CC(N)C(=O)N[C@@H](C)c1ccccc1Br. The lowest BCUT2D eigenvalue weighted by Gasteiger charge is -2.19. The molecule has 100 valence electrons. The summed E-state index contributed by atoms with van der Waals surface area (Å²) in [5.74, 6) is 0.330. The highest BCUT2D eigenvalue weighted by Crippen LogP contribution is 2.22. The topological polar surface area (TPSA) is 55.1 Å². The Balaban J connectivity index is 2.62. The van der Waals surface area contributed by atoms with Gasteiger partial charge < -0.3 is 11.1 Å². The molecule has 0 aromatic heterocycles. The van der Waals surface area contributed by atoms with Crippen molar-refractivity contribution in [2.45, 2.75) is 39.3 Å². The number of carbonyl (C=O) groups excluding carboxylic acids is 1. The Morgan fingerprint density at radius 3 is 2.50 bits per heavy atom. The summed E-state index contributed by atoms with van der Waals surface area (Å²) < 4.78 is 0.996. The van der Waals surface area contributed by atoms with Crippen molar-refractivity contribution in [1.82, 2.24) is 5.32 Å². The van der Waals surface area contributed by atoms with Crippen LogP contribution in [0.25, 0.3) is 0 Å². The molecule has 0 saturated carbocycles. The van der Waals surface area contributed by atoms with E-state index >= 15 is 0 Å². The Hall–Kier alpha value is -0.870. The first-order valence-corrected chi connectivity index (χ1v) is 7.01. The minimum atomic E-state index is -0.435. The van der Waals surface area contributed by atoms with Crippen molar-refractivity contribution in [3.8, 4) is 0 Å². The number of hydrogen-bond acceptors (Lipinski definition) is 2. The quantitative estimate of drug-likeness (QED) is 0.878. The first kappa shape index (κ1) is 15.2. The number of hydrogen-bond donors (Lipinski definition) is 2. The largest absolute Gasteiger partial charge is 0.348 e. The standard InChI is InChI=1S/C14H21BrN2O/c1-9(2)8-13(16)14(18)17-10(3)11-6-4-5-7-12(11)15/h4-7,9-10,13H,8,16H2,1-3H3,(H,17,18)/t10-,13?/m0/s1. The van der Waals surface area contributed by atoms with Gasteiger partial charge in [0.1, 0.15) is 0 Å². The maximum atomic E-state index is 11.9. The predicted octanol–water partition coefficient (Wildman–Crippen LogP) is 3.00. The van der Waals surface area contributed by atoms with Crippen LogP contribution in [0.15, 0.2) is 28.7 Å². The molecule has 0 aliphatic rings. The summed E-state index contributed by atoms with van der Waals surface area (Å²) in [5, 5.41) is 2.95. The van der Waals surface area contributed by atoms with Crippen molar-refractivity contribution in [1.29, 1.82) is 0 Å². The van der Waals surface area contributed by atoms with E-state index in [1.807, 2.05) is 31.2 Å². The van der Waals surface area contributed by atoms with E-state index in [4.69, 9.17) is 5.73 Å². The molecule has 0 fully saturated rings. The normalized spacial score (nSPS) is 14.3. The van der Waals surface area contributed by atoms with Crippen molar-refractivity contribution >= 4 is 21.8 Å². The van der Waals surface area contributed by atoms with Crippen LogP contribution in [0.5, 0.6) is 0 Å². The Bertz CT molecular complexity index is 407. The summed E-state index contributed by atoms with van der Waals surface area (Å²) in [6, 6.07) is 7.37. The lowest BCUT2D eigenvalue weighted by atomic mass is 10.0. The van der Waals surface area contributed by atoms with Crippen LogP contribution < -0.4 is 11.1 Å². The van der Waals surface area contributed by atoms with Crippen LogP contribution >= 0.6 is 15.9 Å². The molecule has 0 radical (unpaired) electrons. The van der Waals surface area contributed by atoms with E-state index in [9.17, 15) is 4.79 Å². The van der Waals surface area contributed by atoms with Gasteiger partial charge >= 0.3 is 0 Å². The lowest BCUT2D eigenvalue weighted by molar-refractivity contribution is -0.123. The fourth-order valence-corrected chi connectivity index (χ4v) is 2.47. The van der Waals surface area contributed by atoms with Gasteiger partial charge in [-0.1, -0.05) is 48.0 Å². The number of nitrogens with one attached hydrogen (secondary N) is 1. The molecular weight excluding hydrogens is 292 g/mol. The van der Waals surface area contributed by atoms with Gasteiger partial charge in [-0.05, 0) is 30.9 Å². The summed E-state index contributed by atoms with van der Waals surface area (Å²) >= 11 is 3.48. The van der Waals surface area contributed by atoms with Gasteiger partial charge in [-0.3, -0.25) is 4.79 Å². The van der Waals surface area contributed by atoms with Gasteiger partial charge in [-0.25, -0.2) is 0 Å². The highest BCUT2D eigenvalue weighted by Gasteiger charge is 2.18. The monoisotopic (exact) mass is 312 g/mol. The molecule has 0 aliphatic heterocycles. The zero-order chi connectivity index (χ0) is 13.7. The smallest absolute Gasteiger partial charge is 0.237 e. The van der Waals surface area contributed by atoms with Crippen LogP contribution in [-0.4, -0.2) is 11.9 Å². The fraction of sp³-hybridized carbons (Fsp3) is 0.500. The molecule has 0 bridgehead atoms. The molecule has 4 heteroatoms. The van der Waals surface area contributed by atoms with Crippen molar-refractivity contribution in [3.63, 3.8) is 0 Å². The zero-order valence-corrected chi connectivity index (χ0v) is 12.7. The van der Waals surface area contributed by atoms with Crippen LogP contribution in [0.3, 0.4) is 0 Å². The van der Waals surface area contributed by atoms with E-state index in [-0.39, 0.29) is 11.9 Å². The van der Waals surface area contributed by atoms with Gasteiger partial charge in [-0.15, -0.1) is 0 Å². The van der Waals surface area contributed by atoms with Crippen molar-refractivity contribution in [3.05, 3.63) is 34.3 Å². The summed E-state index contributed by atoms with van der Waals surface area (Å²) in [4.78, 5) is 11.9. The lowest BCUT2D eigenvalue weighted by Crippen LogP contribution is -2.42. The molecule has 0 aliphatic carbocycles. The van der Waals surface area contributed by atoms with Gasteiger partial charge in [0.25, 0.3) is 0 Å². The summed E-state index contributed by atoms with van der Waals surface area (Å²) in [7, 11) is 0. The number of carbonyl (C=O) groups is 1. The first-order chi connectivity index (χ1) is 8.41. The third-order valence-electron chi connectivity index (χ3n) is 2.79. The minimum absolute atomic E-state index is 0.0497. The van der Waals surface area contributed by atoms with Gasteiger partial charge in [0.05, 0.1) is 12.1 Å². The van der Waals surface area contributed by atoms with Crippen LogP contribution in [0.2, 0.25) is 0 Å². The maximum Gasteiger partial charge on any atom is 0.237 e. The van der Waals surface area contributed by atoms with Crippen LogP contribution in [-0.2, 0) is 4.79 Å². The van der Waals surface area contributed by atoms with Crippen molar-refractivity contribution in [2.75, 3.05) is 0 Å². The van der Waals surface area contributed by atoms with Crippen LogP contribution in [0, 0.1) is 5.92 Å². The minimum Gasteiger partial charge on any atom is -0.348 e. The van der Waals surface area contributed by atoms with E-state index in [1.165, 1.54) is 0 Å². The molecule has 1 aromatic rings. The zero-order valence-electron chi connectivity index (χ0n) is 11.1. The third-order valence-corrected chi connectivity index (χ3v) is 3.51. The molecule has 1 amide bonds. The van der Waals surface area contributed by atoms with E-state index < -0.39 is 6.04 Å². The molecule has 1 rings (SSSR count). The van der Waals surface area contributed by atoms with E-state index in [0.717, 1.165) is 10.0 Å². The average molecular weight is 313 g/mol. The number of nitrogens with two attached hydrogens (primary N) is 1.